The van der Waals surface area contributed by atoms with Gasteiger partial charge in [0, 0.05) is 22.9 Å². The fourth-order valence-corrected chi connectivity index (χ4v) is 6.56. The molecule has 0 unspecified atom stereocenters. The Hall–Kier alpha value is -0.820. The van der Waals surface area contributed by atoms with Crippen molar-refractivity contribution in [1.82, 2.24) is 9.80 Å². The van der Waals surface area contributed by atoms with E-state index < -0.39 is 0 Å². The zero-order chi connectivity index (χ0) is 20.6. The maximum absolute atomic E-state index is 6.33. The van der Waals surface area contributed by atoms with Crippen molar-refractivity contribution in [2.45, 2.75) is 47.7 Å². The van der Waals surface area contributed by atoms with Crippen LogP contribution in [0.2, 0.25) is 0 Å². The number of rotatable bonds is 6. The van der Waals surface area contributed by atoms with Crippen LogP contribution in [0.4, 0.5) is 0 Å². The van der Waals surface area contributed by atoms with E-state index in [4.69, 9.17) is 9.47 Å². The molecule has 0 saturated carbocycles. The highest BCUT2D eigenvalue weighted by atomic mass is 35.5. The van der Waals surface area contributed by atoms with Crippen molar-refractivity contribution >= 4 is 49.0 Å². The number of halogens is 3. The zero-order valence-corrected chi connectivity index (χ0v) is 22.6. The second kappa shape index (κ2) is 12.4. The lowest BCUT2D eigenvalue weighted by molar-refractivity contribution is -0.00781. The first kappa shape index (κ1) is 27.8. The Morgan fingerprint density at radius 3 is 1.21 bits per heavy atom. The highest BCUT2D eigenvalue weighted by Gasteiger charge is 2.36. The van der Waals surface area contributed by atoms with Crippen LogP contribution in [-0.4, -0.2) is 61.3 Å². The highest BCUT2D eigenvalue weighted by Crippen LogP contribution is 2.34. The molecule has 6 aliphatic heterocycles. The number of hydrogen-bond acceptors (Lipinski definition) is 5. The number of ether oxygens (including phenoxy) is 2. The normalized spacial score (nSPS) is 30.9. The molecule has 8 heteroatoms. The van der Waals surface area contributed by atoms with Crippen molar-refractivity contribution in [3.8, 4) is 11.5 Å². The predicted molar refractivity (Wildman–Crippen MR) is 146 cm³/mol. The van der Waals surface area contributed by atoms with E-state index in [0.29, 0.717) is 12.2 Å². The third-order valence-corrected chi connectivity index (χ3v) is 8.67. The number of piperidine rings is 6. The quantitative estimate of drug-likeness (QED) is 0.440. The summed E-state index contributed by atoms with van der Waals surface area (Å²) in [5.74, 6) is 3.48. The van der Waals surface area contributed by atoms with Crippen LogP contribution in [0.15, 0.2) is 58.3 Å². The standard InChI is InChI=1S/C26H32N2O2S.3ClH/c1-5-23(6-2-21(1)29-25-17-27-13-9-19(25)10-14-27)31-24-7-3-22(4-8-24)30-26-18-28-15-11-20(26)12-16-28;;;/h1-8,19-20,25-26H,9-18H2;3*1H/t25-,26-;;;/m0.../s1. The number of hydrogen-bond donors (Lipinski definition) is 0. The molecule has 4 bridgehead atoms. The summed E-state index contributed by atoms with van der Waals surface area (Å²) in [5.41, 5.74) is 0. The van der Waals surface area contributed by atoms with E-state index in [0.717, 1.165) is 36.4 Å². The lowest BCUT2D eigenvalue weighted by atomic mass is 9.86. The third-order valence-electron chi connectivity index (χ3n) is 7.65. The molecule has 2 aromatic rings. The first-order valence-electron chi connectivity index (χ1n) is 11.9. The molecule has 8 rings (SSSR count). The molecule has 188 valence electrons. The lowest BCUT2D eigenvalue weighted by Crippen LogP contribution is -2.52. The molecule has 0 radical (unpaired) electrons. The van der Waals surface area contributed by atoms with E-state index in [2.05, 4.69) is 58.3 Å². The Balaban J connectivity index is 0.00000108. The van der Waals surface area contributed by atoms with E-state index >= 15 is 0 Å². The van der Waals surface area contributed by atoms with E-state index in [1.807, 2.05) is 0 Å². The van der Waals surface area contributed by atoms with Crippen molar-refractivity contribution in [2.75, 3.05) is 39.3 Å². The van der Waals surface area contributed by atoms with Crippen LogP contribution in [-0.2, 0) is 0 Å². The van der Waals surface area contributed by atoms with Crippen molar-refractivity contribution in [3.05, 3.63) is 48.5 Å². The Bertz CT molecular complexity index is 812. The molecule has 4 nitrogen and oxygen atoms in total. The molecule has 6 saturated heterocycles. The Morgan fingerprint density at radius 1 is 0.559 bits per heavy atom. The maximum atomic E-state index is 6.33. The van der Waals surface area contributed by atoms with Crippen LogP contribution in [0, 0.1) is 11.8 Å². The fourth-order valence-electron chi connectivity index (χ4n) is 5.75. The van der Waals surface area contributed by atoms with Crippen LogP contribution in [0.1, 0.15) is 25.7 Å². The van der Waals surface area contributed by atoms with Crippen molar-refractivity contribution in [2.24, 2.45) is 11.8 Å². The topological polar surface area (TPSA) is 24.9 Å². The minimum atomic E-state index is 0. The number of nitrogens with zero attached hydrogens (tertiary/aromatic N) is 2. The van der Waals surface area contributed by atoms with Gasteiger partial charge in [-0.25, -0.2) is 0 Å². The van der Waals surface area contributed by atoms with Gasteiger partial charge in [0.1, 0.15) is 23.7 Å². The van der Waals surface area contributed by atoms with Gasteiger partial charge < -0.3 is 9.47 Å². The Morgan fingerprint density at radius 2 is 0.912 bits per heavy atom. The molecule has 0 aliphatic carbocycles. The van der Waals surface area contributed by atoms with Crippen molar-refractivity contribution < 1.29 is 9.47 Å². The minimum Gasteiger partial charge on any atom is -0.489 e. The van der Waals surface area contributed by atoms with Gasteiger partial charge in [0.15, 0.2) is 0 Å². The van der Waals surface area contributed by atoms with E-state index in [1.54, 1.807) is 11.8 Å². The number of fused-ring (bicyclic) bond motifs is 6. The summed E-state index contributed by atoms with van der Waals surface area (Å²) in [6.07, 6.45) is 5.89. The summed E-state index contributed by atoms with van der Waals surface area (Å²) in [6, 6.07) is 17.2. The van der Waals surface area contributed by atoms with Crippen LogP contribution >= 0.6 is 49.0 Å². The Labute approximate surface area is 226 Å². The van der Waals surface area contributed by atoms with Gasteiger partial charge in [-0.1, -0.05) is 11.8 Å². The van der Waals surface area contributed by atoms with Gasteiger partial charge in [-0.05, 0) is 112 Å². The van der Waals surface area contributed by atoms with Crippen LogP contribution in [0.25, 0.3) is 0 Å². The molecule has 0 spiro atoms. The van der Waals surface area contributed by atoms with Gasteiger partial charge >= 0.3 is 0 Å². The largest absolute Gasteiger partial charge is 0.489 e. The smallest absolute Gasteiger partial charge is 0.119 e. The molecular weight excluding hydrogens is 511 g/mol. The average molecular weight is 546 g/mol. The monoisotopic (exact) mass is 544 g/mol. The molecule has 2 aromatic carbocycles. The Kier molecular flexibility index (Phi) is 10.1. The average Bonchev–Trinajstić information content (AvgIpc) is 2.83. The van der Waals surface area contributed by atoms with Gasteiger partial charge in [-0.2, -0.15) is 0 Å². The molecule has 6 aliphatic rings. The van der Waals surface area contributed by atoms with Crippen molar-refractivity contribution in [3.63, 3.8) is 0 Å². The molecule has 0 aromatic heterocycles. The number of benzene rings is 2. The maximum Gasteiger partial charge on any atom is 0.119 e. The molecule has 6 fully saturated rings. The van der Waals surface area contributed by atoms with Crippen LogP contribution in [0.3, 0.4) is 0 Å². The molecule has 0 N–H and O–H groups in total. The van der Waals surface area contributed by atoms with E-state index in [1.165, 1.54) is 61.7 Å². The molecule has 2 atom stereocenters. The fraction of sp³-hybridized carbons (Fsp3) is 0.538. The van der Waals surface area contributed by atoms with Gasteiger partial charge in [0.25, 0.3) is 0 Å². The first-order valence-corrected chi connectivity index (χ1v) is 12.8. The van der Waals surface area contributed by atoms with E-state index in [9.17, 15) is 0 Å². The predicted octanol–water partition coefficient (Wildman–Crippen LogP) is 6.05. The van der Waals surface area contributed by atoms with Gasteiger partial charge in [-0.15, -0.1) is 37.2 Å². The SMILES string of the molecule is Cl.Cl.Cl.c1cc(Sc2ccc(O[C@H]3CN4CCC3CC4)cc2)ccc1O[C@H]1CN2CCC1CC2. The van der Waals surface area contributed by atoms with Crippen LogP contribution in [0.5, 0.6) is 11.5 Å². The molecule has 34 heavy (non-hydrogen) atoms. The summed E-state index contributed by atoms with van der Waals surface area (Å²) in [6.45, 7) is 7.20. The first-order chi connectivity index (χ1) is 15.3. The molecule has 6 heterocycles. The second-order valence-electron chi connectivity index (χ2n) is 9.63. The summed E-state index contributed by atoms with van der Waals surface area (Å²) in [4.78, 5) is 7.57. The van der Waals surface area contributed by atoms with E-state index in [-0.39, 0.29) is 37.2 Å². The summed E-state index contributed by atoms with van der Waals surface area (Å²) >= 11 is 1.79. The third kappa shape index (κ3) is 6.29. The summed E-state index contributed by atoms with van der Waals surface area (Å²) in [7, 11) is 0. The van der Waals surface area contributed by atoms with Crippen molar-refractivity contribution in [1.29, 1.82) is 0 Å². The van der Waals surface area contributed by atoms with Gasteiger partial charge in [0.05, 0.1) is 0 Å². The van der Waals surface area contributed by atoms with Crippen LogP contribution < -0.4 is 9.47 Å². The highest BCUT2D eigenvalue weighted by molar-refractivity contribution is 7.99. The minimum absolute atomic E-state index is 0. The summed E-state index contributed by atoms with van der Waals surface area (Å²) in [5, 5.41) is 0. The molecule has 0 amide bonds. The van der Waals surface area contributed by atoms with Gasteiger partial charge in [-0.3, -0.25) is 9.80 Å². The van der Waals surface area contributed by atoms with Gasteiger partial charge in [0.2, 0.25) is 0 Å². The summed E-state index contributed by atoms with van der Waals surface area (Å²) < 4.78 is 12.7. The lowest BCUT2D eigenvalue weighted by Gasteiger charge is -2.44. The molecular formula is C26H35Cl3N2O2S. The second-order valence-corrected chi connectivity index (χ2v) is 10.8. The zero-order valence-electron chi connectivity index (χ0n) is 19.3.